The first-order valence-corrected chi connectivity index (χ1v) is 9.28. The molecule has 140 valence electrons. The third-order valence-electron chi connectivity index (χ3n) is 4.38. The van der Waals surface area contributed by atoms with Crippen molar-refractivity contribution in [1.29, 1.82) is 0 Å². The van der Waals surface area contributed by atoms with Gasteiger partial charge in [0.15, 0.2) is 5.82 Å². The first-order chi connectivity index (χ1) is 12.4. The zero-order valence-corrected chi connectivity index (χ0v) is 15.8. The molecule has 26 heavy (non-hydrogen) atoms. The second kappa shape index (κ2) is 7.89. The van der Waals surface area contributed by atoms with E-state index in [1.54, 1.807) is 4.90 Å². The Labute approximate surface area is 154 Å². The third-order valence-corrected chi connectivity index (χ3v) is 4.38. The Balaban J connectivity index is 1.66. The van der Waals surface area contributed by atoms with Crippen LogP contribution >= 0.6 is 0 Å². The van der Waals surface area contributed by atoms with Gasteiger partial charge in [0.2, 0.25) is 5.89 Å². The van der Waals surface area contributed by atoms with Gasteiger partial charge in [0, 0.05) is 13.0 Å². The lowest BCUT2D eigenvalue weighted by Crippen LogP contribution is -2.42. The molecule has 1 aliphatic heterocycles. The number of likely N-dealkylation sites (tertiary alicyclic amines) is 1. The van der Waals surface area contributed by atoms with Crippen LogP contribution < -0.4 is 0 Å². The number of amides is 1. The second-order valence-corrected chi connectivity index (χ2v) is 7.72. The molecule has 6 nitrogen and oxygen atoms in total. The van der Waals surface area contributed by atoms with Gasteiger partial charge >= 0.3 is 6.09 Å². The van der Waals surface area contributed by atoms with Crippen LogP contribution in [0.4, 0.5) is 4.79 Å². The maximum atomic E-state index is 12.5. The van der Waals surface area contributed by atoms with Gasteiger partial charge in [-0.2, -0.15) is 4.98 Å². The number of aromatic nitrogens is 2. The monoisotopic (exact) mass is 357 g/mol. The Morgan fingerprint density at radius 3 is 2.73 bits per heavy atom. The molecule has 0 aliphatic carbocycles. The quantitative estimate of drug-likeness (QED) is 0.815. The second-order valence-electron chi connectivity index (χ2n) is 7.72. The number of hydrogen-bond donors (Lipinski definition) is 0. The smallest absolute Gasteiger partial charge is 0.410 e. The molecule has 0 bridgehead atoms. The van der Waals surface area contributed by atoms with Gasteiger partial charge in [0.25, 0.3) is 0 Å². The number of hydrogen-bond acceptors (Lipinski definition) is 5. The van der Waals surface area contributed by atoms with Crippen LogP contribution in [0, 0.1) is 0 Å². The van der Waals surface area contributed by atoms with Crippen molar-refractivity contribution in [2.24, 2.45) is 0 Å². The van der Waals surface area contributed by atoms with Crippen molar-refractivity contribution in [2.75, 3.05) is 6.54 Å². The Kier molecular flexibility index (Phi) is 5.59. The standard InChI is InChI=1S/C20H27N3O3/c1-20(2,3)25-19(24)23-14-8-7-11-16(23)18-21-17(26-22-18)13-12-15-9-5-4-6-10-15/h4-6,9-10,16H,7-8,11-14H2,1-3H3. The maximum absolute atomic E-state index is 12.5. The normalized spacial score (nSPS) is 18.0. The molecular formula is C20H27N3O3. The summed E-state index contributed by atoms with van der Waals surface area (Å²) in [5.74, 6) is 1.19. The summed E-state index contributed by atoms with van der Waals surface area (Å²) in [5.41, 5.74) is 0.720. The highest BCUT2D eigenvalue weighted by Gasteiger charge is 2.34. The van der Waals surface area contributed by atoms with Crippen LogP contribution in [0.5, 0.6) is 0 Å². The summed E-state index contributed by atoms with van der Waals surface area (Å²) in [4.78, 5) is 18.8. The van der Waals surface area contributed by atoms with E-state index in [2.05, 4.69) is 22.3 Å². The molecular weight excluding hydrogens is 330 g/mol. The van der Waals surface area contributed by atoms with Gasteiger partial charge in [-0.05, 0) is 52.0 Å². The fraction of sp³-hybridized carbons (Fsp3) is 0.550. The minimum absolute atomic E-state index is 0.173. The van der Waals surface area contributed by atoms with Crippen LogP contribution in [0.15, 0.2) is 34.9 Å². The molecule has 1 fully saturated rings. The van der Waals surface area contributed by atoms with E-state index in [0.717, 1.165) is 25.7 Å². The molecule has 1 atom stereocenters. The summed E-state index contributed by atoms with van der Waals surface area (Å²) in [5, 5.41) is 4.15. The Bertz CT molecular complexity index is 721. The number of aryl methyl sites for hydroxylation is 2. The average Bonchev–Trinajstić information content (AvgIpc) is 3.08. The molecule has 0 N–H and O–H groups in total. The molecule has 1 amide bonds. The SMILES string of the molecule is CC(C)(C)OC(=O)N1CCCCC1c1noc(CCc2ccccc2)n1. The minimum Gasteiger partial charge on any atom is -0.444 e. The zero-order valence-electron chi connectivity index (χ0n) is 15.8. The van der Waals surface area contributed by atoms with E-state index in [1.165, 1.54) is 5.56 Å². The molecule has 1 aromatic carbocycles. The van der Waals surface area contributed by atoms with Crippen LogP contribution in [-0.2, 0) is 17.6 Å². The summed E-state index contributed by atoms with van der Waals surface area (Å²) in [6, 6.07) is 10.0. The van der Waals surface area contributed by atoms with Gasteiger partial charge in [-0.25, -0.2) is 4.79 Å². The van der Waals surface area contributed by atoms with Crippen molar-refractivity contribution in [3.63, 3.8) is 0 Å². The van der Waals surface area contributed by atoms with Crippen molar-refractivity contribution in [2.45, 2.75) is 64.5 Å². The van der Waals surface area contributed by atoms with Gasteiger partial charge in [-0.1, -0.05) is 35.5 Å². The highest BCUT2D eigenvalue weighted by atomic mass is 16.6. The van der Waals surface area contributed by atoms with E-state index in [4.69, 9.17) is 9.26 Å². The van der Waals surface area contributed by atoms with Gasteiger partial charge in [-0.3, -0.25) is 4.90 Å². The highest BCUT2D eigenvalue weighted by Crippen LogP contribution is 2.30. The highest BCUT2D eigenvalue weighted by molar-refractivity contribution is 5.68. The van der Waals surface area contributed by atoms with E-state index >= 15 is 0 Å². The average molecular weight is 357 g/mol. The van der Waals surface area contributed by atoms with E-state index in [-0.39, 0.29) is 12.1 Å². The molecule has 1 aliphatic rings. The van der Waals surface area contributed by atoms with Gasteiger partial charge in [0.1, 0.15) is 5.60 Å². The molecule has 0 radical (unpaired) electrons. The topological polar surface area (TPSA) is 68.5 Å². The fourth-order valence-electron chi connectivity index (χ4n) is 3.14. The molecule has 3 rings (SSSR count). The zero-order chi connectivity index (χ0) is 18.6. The largest absolute Gasteiger partial charge is 0.444 e. The summed E-state index contributed by atoms with van der Waals surface area (Å²) in [6.07, 6.45) is 4.07. The van der Waals surface area contributed by atoms with Crippen LogP contribution in [0.25, 0.3) is 0 Å². The molecule has 0 spiro atoms. The van der Waals surface area contributed by atoms with Gasteiger partial charge < -0.3 is 9.26 Å². The first kappa shape index (κ1) is 18.4. The maximum Gasteiger partial charge on any atom is 0.410 e. The molecule has 1 saturated heterocycles. The number of carbonyl (C=O) groups is 1. The number of nitrogens with zero attached hydrogens (tertiary/aromatic N) is 3. The number of carbonyl (C=O) groups excluding carboxylic acids is 1. The first-order valence-electron chi connectivity index (χ1n) is 9.28. The minimum atomic E-state index is -0.517. The van der Waals surface area contributed by atoms with Crippen molar-refractivity contribution in [1.82, 2.24) is 15.0 Å². The van der Waals surface area contributed by atoms with E-state index in [0.29, 0.717) is 24.7 Å². The van der Waals surface area contributed by atoms with Crippen LogP contribution in [0.3, 0.4) is 0 Å². The van der Waals surface area contributed by atoms with E-state index in [1.807, 2.05) is 39.0 Å². The van der Waals surface area contributed by atoms with E-state index in [9.17, 15) is 4.79 Å². The lowest BCUT2D eigenvalue weighted by atomic mass is 10.0. The van der Waals surface area contributed by atoms with Gasteiger partial charge in [-0.15, -0.1) is 0 Å². The summed E-state index contributed by atoms with van der Waals surface area (Å²) in [7, 11) is 0. The number of piperidine rings is 1. The number of benzene rings is 1. The predicted molar refractivity (Wildman–Crippen MR) is 97.7 cm³/mol. The molecule has 2 heterocycles. The summed E-state index contributed by atoms with van der Waals surface area (Å²) in [6.45, 7) is 6.28. The third kappa shape index (κ3) is 4.84. The summed E-state index contributed by atoms with van der Waals surface area (Å²) >= 11 is 0. The number of rotatable bonds is 4. The van der Waals surface area contributed by atoms with Gasteiger partial charge in [0.05, 0.1) is 6.04 Å². The van der Waals surface area contributed by atoms with Crippen molar-refractivity contribution in [3.8, 4) is 0 Å². The van der Waals surface area contributed by atoms with Crippen molar-refractivity contribution < 1.29 is 14.1 Å². The molecule has 6 heteroatoms. The van der Waals surface area contributed by atoms with Crippen LogP contribution in [0.1, 0.15) is 63.4 Å². The van der Waals surface area contributed by atoms with E-state index < -0.39 is 5.60 Å². The predicted octanol–water partition coefficient (Wildman–Crippen LogP) is 4.32. The number of ether oxygens (including phenoxy) is 1. The van der Waals surface area contributed by atoms with Crippen molar-refractivity contribution >= 4 is 6.09 Å². The molecule has 1 unspecified atom stereocenters. The summed E-state index contributed by atoms with van der Waals surface area (Å²) < 4.78 is 11.0. The Morgan fingerprint density at radius 1 is 1.23 bits per heavy atom. The van der Waals surface area contributed by atoms with Crippen LogP contribution in [-0.4, -0.2) is 33.3 Å². The lowest BCUT2D eigenvalue weighted by molar-refractivity contribution is 0.00821. The Hall–Kier alpha value is -2.37. The lowest BCUT2D eigenvalue weighted by Gasteiger charge is -2.35. The fourth-order valence-corrected chi connectivity index (χ4v) is 3.14. The molecule has 2 aromatic rings. The Morgan fingerprint density at radius 2 is 2.00 bits per heavy atom. The molecule has 1 aromatic heterocycles. The molecule has 0 saturated carbocycles. The van der Waals surface area contributed by atoms with Crippen LogP contribution in [0.2, 0.25) is 0 Å². The van der Waals surface area contributed by atoms with Crippen molar-refractivity contribution in [3.05, 3.63) is 47.6 Å².